The molecular weight excluding hydrogens is 470 g/mol. The minimum atomic E-state index is -0.715. The van der Waals surface area contributed by atoms with Crippen LogP contribution < -0.4 is 14.2 Å². The van der Waals surface area contributed by atoms with Gasteiger partial charge in [0.15, 0.2) is 11.5 Å². The van der Waals surface area contributed by atoms with Crippen LogP contribution in [0.3, 0.4) is 0 Å². The standard InChI is InChI=1S/C30H31NO6/c1-5-37-23-14-12-22(17-19(23)2)28(32)26-27(21-9-7-6-8-10-21)31(30(34)29(26)33)16-15-20-11-13-24(35-3)25(18-20)36-4/h6-14,17-18,27,32H,5,15-16H2,1-4H3/b28-26-. The number of hydrogen-bond donors (Lipinski definition) is 1. The number of aliphatic hydroxyl groups excluding tert-OH is 1. The molecule has 7 nitrogen and oxygen atoms in total. The predicted molar refractivity (Wildman–Crippen MR) is 141 cm³/mol. The van der Waals surface area contributed by atoms with Crippen molar-refractivity contribution in [2.75, 3.05) is 27.4 Å². The third-order valence-electron chi connectivity index (χ3n) is 6.49. The Hall–Kier alpha value is -4.26. The minimum absolute atomic E-state index is 0.0760. The molecule has 1 aliphatic rings. The first kappa shape index (κ1) is 25.8. The molecule has 1 saturated heterocycles. The topological polar surface area (TPSA) is 85.3 Å². The highest BCUT2D eigenvalue weighted by Gasteiger charge is 2.45. The van der Waals surface area contributed by atoms with Crippen LogP contribution in [0.15, 0.2) is 72.3 Å². The zero-order chi connectivity index (χ0) is 26.5. The summed E-state index contributed by atoms with van der Waals surface area (Å²) in [5.74, 6) is 0.360. The molecule has 1 unspecified atom stereocenters. The summed E-state index contributed by atoms with van der Waals surface area (Å²) in [7, 11) is 3.14. The highest BCUT2D eigenvalue weighted by Crippen LogP contribution is 2.40. The molecule has 4 rings (SSSR count). The first-order valence-corrected chi connectivity index (χ1v) is 12.2. The van der Waals surface area contributed by atoms with Gasteiger partial charge in [-0.25, -0.2) is 0 Å². The van der Waals surface area contributed by atoms with Crippen LogP contribution in [0.4, 0.5) is 0 Å². The number of rotatable bonds is 9. The molecule has 1 fully saturated rings. The summed E-state index contributed by atoms with van der Waals surface area (Å²) in [4.78, 5) is 28.1. The van der Waals surface area contributed by atoms with Gasteiger partial charge in [-0.1, -0.05) is 36.4 Å². The normalized spacial score (nSPS) is 16.6. The van der Waals surface area contributed by atoms with E-state index in [2.05, 4.69) is 0 Å². The molecule has 0 bridgehead atoms. The van der Waals surface area contributed by atoms with E-state index >= 15 is 0 Å². The third-order valence-corrected chi connectivity index (χ3v) is 6.49. The largest absolute Gasteiger partial charge is 0.507 e. The number of nitrogens with zero attached hydrogens (tertiary/aromatic N) is 1. The van der Waals surface area contributed by atoms with Gasteiger partial charge in [0.05, 0.1) is 32.4 Å². The van der Waals surface area contributed by atoms with E-state index in [0.29, 0.717) is 35.8 Å². The van der Waals surface area contributed by atoms with Gasteiger partial charge in [0.2, 0.25) is 0 Å². The zero-order valence-corrected chi connectivity index (χ0v) is 21.5. The van der Waals surface area contributed by atoms with Crippen LogP contribution in [-0.4, -0.2) is 49.1 Å². The molecule has 1 N–H and O–H groups in total. The van der Waals surface area contributed by atoms with Crippen LogP contribution in [0.25, 0.3) is 5.76 Å². The lowest BCUT2D eigenvalue weighted by molar-refractivity contribution is -0.139. The third kappa shape index (κ3) is 5.16. The fourth-order valence-electron chi connectivity index (χ4n) is 4.65. The van der Waals surface area contributed by atoms with E-state index in [9.17, 15) is 14.7 Å². The van der Waals surface area contributed by atoms with Gasteiger partial charge in [-0.05, 0) is 67.3 Å². The average molecular weight is 502 g/mol. The van der Waals surface area contributed by atoms with Gasteiger partial charge < -0.3 is 24.2 Å². The van der Waals surface area contributed by atoms with Crippen LogP contribution in [0, 0.1) is 6.92 Å². The van der Waals surface area contributed by atoms with Crippen LogP contribution in [0.1, 0.15) is 35.2 Å². The number of likely N-dealkylation sites (tertiary alicyclic amines) is 1. The van der Waals surface area contributed by atoms with Crippen molar-refractivity contribution in [2.24, 2.45) is 0 Å². The van der Waals surface area contributed by atoms with Crippen LogP contribution in [-0.2, 0) is 16.0 Å². The average Bonchev–Trinajstić information content (AvgIpc) is 3.17. The van der Waals surface area contributed by atoms with Crippen molar-refractivity contribution in [3.8, 4) is 17.2 Å². The molecule has 192 valence electrons. The molecule has 3 aromatic rings. The Morgan fingerprint density at radius 2 is 1.62 bits per heavy atom. The lowest BCUT2D eigenvalue weighted by atomic mass is 9.94. The molecule has 7 heteroatoms. The number of benzene rings is 3. The van der Waals surface area contributed by atoms with Gasteiger partial charge in [-0.3, -0.25) is 9.59 Å². The van der Waals surface area contributed by atoms with E-state index < -0.39 is 17.7 Å². The van der Waals surface area contributed by atoms with E-state index in [1.54, 1.807) is 32.4 Å². The van der Waals surface area contributed by atoms with Gasteiger partial charge in [0.25, 0.3) is 11.7 Å². The monoisotopic (exact) mass is 501 g/mol. The SMILES string of the molecule is CCOc1ccc(/C(O)=C2/C(=O)C(=O)N(CCc3ccc(OC)c(OC)c3)C2c2ccccc2)cc1C. The van der Waals surface area contributed by atoms with E-state index in [-0.39, 0.29) is 17.9 Å². The summed E-state index contributed by atoms with van der Waals surface area (Å²) >= 11 is 0. The van der Waals surface area contributed by atoms with E-state index in [1.165, 1.54) is 4.90 Å². The van der Waals surface area contributed by atoms with Crippen molar-refractivity contribution in [1.82, 2.24) is 4.90 Å². The number of methoxy groups -OCH3 is 2. The van der Waals surface area contributed by atoms with Crippen molar-refractivity contribution in [2.45, 2.75) is 26.3 Å². The Labute approximate surface area is 216 Å². The maximum Gasteiger partial charge on any atom is 0.295 e. The molecule has 0 saturated carbocycles. The maximum atomic E-state index is 13.3. The predicted octanol–water partition coefficient (Wildman–Crippen LogP) is 5.08. The minimum Gasteiger partial charge on any atom is -0.507 e. The molecule has 0 radical (unpaired) electrons. The Morgan fingerprint density at radius 1 is 0.919 bits per heavy atom. The van der Waals surface area contributed by atoms with Crippen molar-refractivity contribution in [3.63, 3.8) is 0 Å². The van der Waals surface area contributed by atoms with E-state index in [4.69, 9.17) is 14.2 Å². The summed E-state index contributed by atoms with van der Waals surface area (Å²) in [6.07, 6.45) is 0.485. The van der Waals surface area contributed by atoms with Gasteiger partial charge in [-0.15, -0.1) is 0 Å². The van der Waals surface area contributed by atoms with E-state index in [1.807, 2.05) is 62.4 Å². The zero-order valence-electron chi connectivity index (χ0n) is 21.5. The molecule has 37 heavy (non-hydrogen) atoms. The van der Waals surface area contributed by atoms with E-state index in [0.717, 1.165) is 16.7 Å². The van der Waals surface area contributed by atoms with Gasteiger partial charge in [-0.2, -0.15) is 0 Å². The number of Topliss-reactive ketones (excluding diaryl/α,β-unsaturated/α-hetero) is 1. The molecule has 0 aromatic heterocycles. The second-order valence-corrected chi connectivity index (χ2v) is 8.76. The summed E-state index contributed by atoms with van der Waals surface area (Å²) in [5, 5.41) is 11.3. The first-order valence-electron chi connectivity index (χ1n) is 12.2. The summed E-state index contributed by atoms with van der Waals surface area (Å²) in [5.41, 5.74) is 3.03. The number of ether oxygens (including phenoxy) is 3. The Morgan fingerprint density at radius 3 is 2.27 bits per heavy atom. The fraction of sp³-hybridized carbons (Fsp3) is 0.267. The Balaban J connectivity index is 1.72. The molecule has 1 aliphatic heterocycles. The molecule has 1 heterocycles. The highest BCUT2D eigenvalue weighted by molar-refractivity contribution is 6.46. The van der Waals surface area contributed by atoms with Crippen molar-refractivity contribution < 1.29 is 28.9 Å². The Bertz CT molecular complexity index is 1330. The first-order chi connectivity index (χ1) is 17.9. The molecule has 0 spiro atoms. The summed E-state index contributed by atoms with van der Waals surface area (Å²) < 4.78 is 16.3. The number of hydrogen-bond acceptors (Lipinski definition) is 6. The van der Waals surface area contributed by atoms with Crippen molar-refractivity contribution >= 4 is 17.4 Å². The quantitative estimate of drug-likeness (QED) is 0.250. The number of carbonyl (C=O) groups is 2. The molecular formula is C30H31NO6. The lowest BCUT2D eigenvalue weighted by Crippen LogP contribution is -2.31. The number of ketones is 1. The van der Waals surface area contributed by atoms with Gasteiger partial charge in [0, 0.05) is 12.1 Å². The number of aliphatic hydroxyl groups is 1. The van der Waals surface area contributed by atoms with Crippen molar-refractivity contribution in [1.29, 1.82) is 0 Å². The number of carbonyl (C=O) groups excluding carboxylic acids is 2. The highest BCUT2D eigenvalue weighted by atomic mass is 16.5. The maximum absolute atomic E-state index is 13.3. The molecule has 1 atom stereocenters. The molecule has 1 amide bonds. The lowest BCUT2D eigenvalue weighted by Gasteiger charge is -2.25. The second-order valence-electron chi connectivity index (χ2n) is 8.76. The van der Waals surface area contributed by atoms with Crippen LogP contribution >= 0.6 is 0 Å². The molecule has 3 aromatic carbocycles. The molecule has 0 aliphatic carbocycles. The second kappa shape index (κ2) is 11.2. The Kier molecular flexibility index (Phi) is 7.82. The smallest absolute Gasteiger partial charge is 0.295 e. The van der Waals surface area contributed by atoms with Gasteiger partial charge >= 0.3 is 0 Å². The fourth-order valence-corrected chi connectivity index (χ4v) is 4.65. The van der Waals surface area contributed by atoms with Gasteiger partial charge in [0.1, 0.15) is 11.5 Å². The number of aryl methyl sites for hydroxylation is 1. The number of amides is 1. The summed E-state index contributed by atoms with van der Waals surface area (Å²) in [6.45, 7) is 4.57. The van der Waals surface area contributed by atoms with Crippen LogP contribution in [0.2, 0.25) is 0 Å². The summed E-state index contributed by atoms with van der Waals surface area (Å²) in [6, 6.07) is 19.4. The van der Waals surface area contributed by atoms with Crippen molar-refractivity contribution in [3.05, 3.63) is 94.6 Å². The van der Waals surface area contributed by atoms with Crippen LogP contribution in [0.5, 0.6) is 17.2 Å².